The fourth-order valence-electron chi connectivity index (χ4n) is 2.07. The Morgan fingerprint density at radius 2 is 1.80 bits per heavy atom. The Bertz CT molecular complexity index is 761. The molecule has 0 aliphatic carbocycles. The summed E-state index contributed by atoms with van der Waals surface area (Å²) in [6.45, 7) is 5.06. The Balaban J connectivity index is 1.99. The van der Waals surface area contributed by atoms with Crippen molar-refractivity contribution in [2.45, 2.75) is 29.2 Å². The molecule has 6 heteroatoms. The molecule has 2 aromatic rings. The quantitative estimate of drug-likeness (QED) is 0.696. The molecule has 0 fully saturated rings. The second-order valence-corrected chi connectivity index (χ2v) is 6.48. The Hall–Kier alpha value is -2.73. The van der Waals surface area contributed by atoms with Crippen LogP contribution in [0.1, 0.15) is 13.3 Å². The molecule has 130 valence electrons. The molecule has 0 aromatic heterocycles. The molecule has 5 nitrogen and oxygen atoms in total. The predicted octanol–water partition coefficient (Wildman–Crippen LogP) is 4.81. The number of carboxylic acids is 1. The van der Waals surface area contributed by atoms with Crippen LogP contribution in [-0.2, 0) is 9.53 Å². The molecule has 1 amide bonds. The number of carbonyl (C=O) groups is 2. The van der Waals surface area contributed by atoms with Crippen molar-refractivity contribution in [2.24, 2.45) is 0 Å². The molecule has 1 unspecified atom stereocenters. The minimum Gasteiger partial charge on any atom is -0.478 e. The summed E-state index contributed by atoms with van der Waals surface area (Å²) in [6.07, 6.45) is -1.15. The maximum atomic E-state index is 12.1. The van der Waals surface area contributed by atoms with E-state index in [-0.39, 0.29) is 12.0 Å². The molecule has 0 aliphatic rings. The number of hydrogen-bond acceptors (Lipinski definition) is 4. The van der Waals surface area contributed by atoms with Gasteiger partial charge in [-0.15, -0.1) is 0 Å². The average molecular weight is 357 g/mol. The van der Waals surface area contributed by atoms with Crippen LogP contribution in [-0.4, -0.2) is 23.3 Å². The minimum atomic E-state index is -1.10. The van der Waals surface area contributed by atoms with E-state index >= 15 is 0 Å². The van der Waals surface area contributed by atoms with Gasteiger partial charge >= 0.3 is 12.1 Å². The van der Waals surface area contributed by atoms with E-state index in [1.54, 1.807) is 13.0 Å². The third-order valence-electron chi connectivity index (χ3n) is 3.24. The first-order valence-corrected chi connectivity index (χ1v) is 8.48. The van der Waals surface area contributed by atoms with Crippen molar-refractivity contribution in [1.82, 2.24) is 0 Å². The molecule has 25 heavy (non-hydrogen) atoms. The number of rotatable bonds is 7. The normalized spacial score (nSPS) is 11.4. The lowest BCUT2D eigenvalue weighted by atomic mass is 10.1. The zero-order valence-electron chi connectivity index (χ0n) is 13.8. The van der Waals surface area contributed by atoms with E-state index in [0.29, 0.717) is 5.69 Å². The fraction of sp³-hybridized carbons (Fsp3) is 0.158. The number of anilines is 1. The Morgan fingerprint density at radius 1 is 1.16 bits per heavy atom. The second kappa shape index (κ2) is 8.94. The first kappa shape index (κ1) is 18.6. The van der Waals surface area contributed by atoms with Crippen LogP contribution in [0.5, 0.6) is 0 Å². The summed E-state index contributed by atoms with van der Waals surface area (Å²) in [7, 11) is 0. The molecule has 2 rings (SSSR count). The first-order valence-electron chi connectivity index (χ1n) is 7.66. The lowest BCUT2D eigenvalue weighted by molar-refractivity contribution is -0.133. The number of para-hydroxylation sites is 1. The molecule has 0 saturated heterocycles. The second-order valence-electron chi connectivity index (χ2n) is 5.37. The average Bonchev–Trinajstić information content (AvgIpc) is 2.57. The molecule has 0 aliphatic heterocycles. The molecule has 0 heterocycles. The Kier molecular flexibility index (Phi) is 6.65. The Labute approximate surface area is 150 Å². The number of aliphatic carboxylic acids is 1. The van der Waals surface area contributed by atoms with Crippen molar-refractivity contribution in [3.05, 3.63) is 66.7 Å². The molecule has 0 spiro atoms. The van der Waals surface area contributed by atoms with E-state index in [0.717, 1.165) is 9.79 Å². The Morgan fingerprint density at radius 3 is 2.48 bits per heavy atom. The summed E-state index contributed by atoms with van der Waals surface area (Å²) in [5, 5.41) is 11.5. The van der Waals surface area contributed by atoms with E-state index in [4.69, 9.17) is 9.84 Å². The maximum Gasteiger partial charge on any atom is 0.411 e. The predicted molar refractivity (Wildman–Crippen MR) is 98.0 cm³/mol. The van der Waals surface area contributed by atoms with Gasteiger partial charge in [-0.1, -0.05) is 48.7 Å². The lowest BCUT2D eigenvalue weighted by Gasteiger charge is -2.15. The topological polar surface area (TPSA) is 75.6 Å². The third-order valence-corrected chi connectivity index (χ3v) is 4.32. The fourth-order valence-corrected chi connectivity index (χ4v) is 3.00. The highest BCUT2D eigenvalue weighted by Gasteiger charge is 2.15. The maximum absolute atomic E-state index is 12.1. The van der Waals surface area contributed by atoms with Gasteiger partial charge in [0.15, 0.2) is 0 Å². The molecule has 0 bridgehead atoms. The standard InChI is InChI=1S/C19H19NO4S/c1-13(18(21)22)12-14(2)24-19(23)20-16-10-6-7-11-17(16)25-15-8-4-3-5-9-15/h3-11,14H,1,12H2,2H3,(H,20,23)(H,21,22). The highest BCUT2D eigenvalue weighted by molar-refractivity contribution is 7.99. The van der Waals surface area contributed by atoms with Gasteiger partial charge < -0.3 is 9.84 Å². The van der Waals surface area contributed by atoms with Crippen molar-refractivity contribution < 1.29 is 19.4 Å². The van der Waals surface area contributed by atoms with E-state index in [2.05, 4.69) is 11.9 Å². The summed E-state index contributed by atoms with van der Waals surface area (Å²) in [6, 6.07) is 17.2. The number of amides is 1. The van der Waals surface area contributed by atoms with Crippen LogP contribution < -0.4 is 5.32 Å². The largest absolute Gasteiger partial charge is 0.478 e. The molecular formula is C19H19NO4S. The first-order chi connectivity index (χ1) is 12.0. The molecule has 0 radical (unpaired) electrons. The van der Waals surface area contributed by atoms with Crippen molar-refractivity contribution in [3.63, 3.8) is 0 Å². The summed E-state index contributed by atoms with van der Waals surface area (Å²) in [5.74, 6) is -1.10. The van der Waals surface area contributed by atoms with Gasteiger partial charge in [0.25, 0.3) is 0 Å². The highest BCUT2D eigenvalue weighted by Crippen LogP contribution is 2.33. The van der Waals surface area contributed by atoms with Gasteiger partial charge in [-0.05, 0) is 31.2 Å². The van der Waals surface area contributed by atoms with E-state index < -0.39 is 18.2 Å². The van der Waals surface area contributed by atoms with Crippen molar-refractivity contribution in [3.8, 4) is 0 Å². The number of carbonyl (C=O) groups excluding carboxylic acids is 1. The molecule has 2 aromatic carbocycles. The number of hydrogen-bond donors (Lipinski definition) is 2. The van der Waals surface area contributed by atoms with Crippen LogP contribution in [0.3, 0.4) is 0 Å². The number of benzene rings is 2. The zero-order valence-corrected chi connectivity index (χ0v) is 14.6. The molecule has 1 atom stereocenters. The molecule has 0 saturated carbocycles. The number of nitrogens with one attached hydrogen (secondary N) is 1. The number of carboxylic acid groups (broad SMARTS) is 1. The van der Waals surface area contributed by atoms with Crippen LogP contribution in [0.4, 0.5) is 10.5 Å². The van der Waals surface area contributed by atoms with Gasteiger partial charge in [-0.2, -0.15) is 0 Å². The van der Waals surface area contributed by atoms with Gasteiger partial charge in [-0.25, -0.2) is 9.59 Å². The monoisotopic (exact) mass is 357 g/mol. The van der Waals surface area contributed by atoms with Crippen molar-refractivity contribution in [1.29, 1.82) is 0 Å². The van der Waals surface area contributed by atoms with Crippen molar-refractivity contribution in [2.75, 3.05) is 5.32 Å². The van der Waals surface area contributed by atoms with E-state index in [1.165, 1.54) is 11.8 Å². The highest BCUT2D eigenvalue weighted by atomic mass is 32.2. The van der Waals surface area contributed by atoms with Crippen LogP contribution in [0, 0.1) is 0 Å². The minimum absolute atomic E-state index is 0.000309. The number of ether oxygens (including phenoxy) is 1. The van der Waals surface area contributed by atoms with Gasteiger partial charge in [0.2, 0.25) is 0 Å². The SMILES string of the molecule is C=C(CC(C)OC(=O)Nc1ccccc1Sc1ccccc1)C(=O)O. The summed E-state index contributed by atoms with van der Waals surface area (Å²) in [5.41, 5.74) is 0.631. The van der Waals surface area contributed by atoms with Crippen LogP contribution in [0.2, 0.25) is 0 Å². The summed E-state index contributed by atoms with van der Waals surface area (Å²) in [4.78, 5) is 24.8. The van der Waals surface area contributed by atoms with E-state index in [9.17, 15) is 9.59 Å². The third kappa shape index (κ3) is 6.00. The van der Waals surface area contributed by atoms with Crippen molar-refractivity contribution >= 4 is 29.5 Å². The smallest absolute Gasteiger partial charge is 0.411 e. The van der Waals surface area contributed by atoms with E-state index in [1.807, 2.05) is 48.5 Å². The zero-order chi connectivity index (χ0) is 18.2. The van der Waals surface area contributed by atoms with Crippen LogP contribution in [0.25, 0.3) is 0 Å². The van der Waals surface area contributed by atoms with Crippen LogP contribution >= 0.6 is 11.8 Å². The molecular weight excluding hydrogens is 338 g/mol. The summed E-state index contributed by atoms with van der Waals surface area (Å²) < 4.78 is 5.20. The van der Waals surface area contributed by atoms with Crippen LogP contribution in [0.15, 0.2) is 76.5 Å². The van der Waals surface area contributed by atoms with Gasteiger partial charge in [0.1, 0.15) is 6.10 Å². The lowest BCUT2D eigenvalue weighted by Crippen LogP contribution is -2.21. The van der Waals surface area contributed by atoms with Gasteiger partial charge in [-0.3, -0.25) is 5.32 Å². The van der Waals surface area contributed by atoms with Gasteiger partial charge in [0, 0.05) is 21.8 Å². The van der Waals surface area contributed by atoms with Gasteiger partial charge in [0.05, 0.1) is 5.69 Å². The summed E-state index contributed by atoms with van der Waals surface area (Å²) >= 11 is 1.53. The molecule has 2 N–H and O–H groups in total.